The Morgan fingerprint density at radius 1 is 1.19 bits per heavy atom. The summed E-state index contributed by atoms with van der Waals surface area (Å²) < 4.78 is 10.8. The highest BCUT2D eigenvalue weighted by atomic mass is 16.5. The summed E-state index contributed by atoms with van der Waals surface area (Å²) in [5.41, 5.74) is 1.35. The number of aromatic nitrogens is 1. The Labute approximate surface area is 179 Å². The minimum absolute atomic E-state index is 0.0268. The van der Waals surface area contributed by atoms with Crippen molar-refractivity contribution in [2.75, 3.05) is 6.61 Å². The summed E-state index contributed by atoms with van der Waals surface area (Å²) >= 11 is 0. The fourth-order valence-electron chi connectivity index (χ4n) is 3.61. The van der Waals surface area contributed by atoms with Crippen molar-refractivity contribution in [3.63, 3.8) is 0 Å². The Balaban J connectivity index is 1.73. The van der Waals surface area contributed by atoms with Gasteiger partial charge in [0.1, 0.15) is 5.75 Å². The molecular weight excluding hydrogens is 396 g/mol. The van der Waals surface area contributed by atoms with Gasteiger partial charge in [-0.3, -0.25) is 9.59 Å². The van der Waals surface area contributed by atoms with Gasteiger partial charge in [0.25, 0.3) is 0 Å². The number of Topliss-reactive ketones (excluding diaryl/α,β-unsaturated/α-hetero) is 1. The van der Waals surface area contributed by atoms with Gasteiger partial charge in [-0.15, -0.1) is 0 Å². The molecule has 1 atom stereocenters. The molecule has 1 N–H and O–H groups in total. The van der Waals surface area contributed by atoms with Crippen LogP contribution in [0.3, 0.4) is 0 Å². The Morgan fingerprint density at radius 3 is 2.65 bits per heavy atom. The molecule has 0 saturated heterocycles. The number of rotatable bonds is 8. The molecule has 31 heavy (non-hydrogen) atoms. The van der Waals surface area contributed by atoms with E-state index < -0.39 is 23.5 Å². The lowest BCUT2D eigenvalue weighted by atomic mass is 9.95. The monoisotopic (exact) mass is 418 g/mol. The van der Waals surface area contributed by atoms with Gasteiger partial charge in [-0.1, -0.05) is 19.1 Å². The van der Waals surface area contributed by atoms with E-state index >= 15 is 0 Å². The van der Waals surface area contributed by atoms with Crippen molar-refractivity contribution in [2.24, 2.45) is 0 Å². The number of H-pyrrole nitrogens is 1. The van der Waals surface area contributed by atoms with Gasteiger partial charge in [0, 0.05) is 17.2 Å². The van der Waals surface area contributed by atoms with E-state index in [1.165, 1.54) is 17.2 Å². The average molecular weight is 418 g/mol. The number of carbonyl (C=O) groups excluding carboxylic acids is 2. The summed E-state index contributed by atoms with van der Waals surface area (Å²) in [5, 5.41) is 12.9. The second-order valence-corrected chi connectivity index (χ2v) is 7.21. The number of aromatic amines is 1. The zero-order chi connectivity index (χ0) is 21.8. The highest BCUT2D eigenvalue weighted by Crippen LogP contribution is 2.39. The van der Waals surface area contributed by atoms with Gasteiger partial charge in [0.2, 0.25) is 11.7 Å². The van der Waals surface area contributed by atoms with Crippen LogP contribution in [-0.2, 0) is 11.3 Å². The van der Waals surface area contributed by atoms with Crippen LogP contribution in [0.15, 0.2) is 82.9 Å². The third-order valence-electron chi connectivity index (χ3n) is 5.07. The molecule has 7 nitrogen and oxygen atoms in total. The van der Waals surface area contributed by atoms with E-state index in [4.69, 9.17) is 9.15 Å². The van der Waals surface area contributed by atoms with E-state index in [9.17, 15) is 14.7 Å². The molecule has 0 spiro atoms. The van der Waals surface area contributed by atoms with E-state index in [1.54, 1.807) is 42.7 Å². The standard InChI is InChI=1S/C24H22N2O5/c1-2-12-30-18-9-7-17(8-10-18)21-20(22(27)19-6-4-13-31-19)23(28)24(29)26(21)15-16-5-3-11-25-14-16/h3-11,13-14,21,28H,2,12,15H2,1H3. The number of nitrogens with one attached hydrogen (secondary N) is 1. The number of pyridine rings is 1. The lowest BCUT2D eigenvalue weighted by molar-refractivity contribution is -0.378. The van der Waals surface area contributed by atoms with Gasteiger partial charge in [-0.05, 0) is 48.1 Å². The maximum atomic E-state index is 13.1. The zero-order valence-electron chi connectivity index (χ0n) is 17.0. The molecule has 4 rings (SSSR count). The van der Waals surface area contributed by atoms with Crippen LogP contribution >= 0.6 is 0 Å². The molecule has 1 aromatic carbocycles. The summed E-state index contributed by atoms with van der Waals surface area (Å²) in [7, 11) is 0. The molecular formula is C24H22N2O5. The van der Waals surface area contributed by atoms with Crippen molar-refractivity contribution in [3.8, 4) is 5.75 Å². The molecule has 3 aromatic rings. The third kappa shape index (κ3) is 4.07. The Hall–Kier alpha value is -3.87. The molecule has 158 valence electrons. The van der Waals surface area contributed by atoms with Crippen molar-refractivity contribution in [2.45, 2.75) is 25.9 Å². The summed E-state index contributed by atoms with van der Waals surface area (Å²) in [6.07, 6.45) is 5.75. The highest BCUT2D eigenvalue weighted by Gasteiger charge is 2.40. The second kappa shape index (κ2) is 8.87. The van der Waals surface area contributed by atoms with Crippen molar-refractivity contribution in [3.05, 3.63) is 95.4 Å². The Kier molecular flexibility index (Phi) is 5.84. The molecule has 1 aliphatic heterocycles. The van der Waals surface area contributed by atoms with Gasteiger partial charge in [-0.2, -0.15) is 0 Å². The number of carbonyl (C=O) groups is 2. The summed E-state index contributed by atoms with van der Waals surface area (Å²) in [6.45, 7) is 2.78. The number of nitrogens with zero attached hydrogens (tertiary/aromatic N) is 1. The first-order valence-electron chi connectivity index (χ1n) is 10.1. The van der Waals surface area contributed by atoms with Crippen molar-refractivity contribution < 1.29 is 28.8 Å². The lowest BCUT2D eigenvalue weighted by Crippen LogP contribution is -2.32. The van der Waals surface area contributed by atoms with Crippen LogP contribution in [0.2, 0.25) is 0 Å². The summed E-state index contributed by atoms with van der Waals surface area (Å²) in [5.74, 6) is -1.39. The fraction of sp³-hybridized carbons (Fsp3) is 0.208. The lowest BCUT2D eigenvalue weighted by Gasteiger charge is -2.27. The Bertz CT molecular complexity index is 1090. The minimum atomic E-state index is -0.821. The average Bonchev–Trinajstić information content (AvgIpc) is 3.42. The van der Waals surface area contributed by atoms with Crippen LogP contribution in [0.5, 0.6) is 5.75 Å². The topological polar surface area (TPSA) is 96.9 Å². The van der Waals surface area contributed by atoms with E-state index in [2.05, 4.69) is 4.98 Å². The van der Waals surface area contributed by atoms with Crippen molar-refractivity contribution in [1.82, 2.24) is 4.90 Å². The smallest absolute Gasteiger partial charge is 0.240 e. The minimum Gasteiger partial charge on any atom is -0.868 e. The molecule has 1 unspecified atom stereocenters. The normalized spacial score (nSPS) is 16.1. The quantitative estimate of drug-likeness (QED) is 0.524. The predicted molar refractivity (Wildman–Crippen MR) is 109 cm³/mol. The molecule has 1 amide bonds. The van der Waals surface area contributed by atoms with Crippen LogP contribution in [0, 0.1) is 0 Å². The number of hydrogen-bond donors (Lipinski definition) is 0. The maximum Gasteiger partial charge on any atom is 0.240 e. The van der Waals surface area contributed by atoms with E-state index in [0.717, 1.165) is 12.0 Å². The van der Waals surface area contributed by atoms with Gasteiger partial charge in [0.05, 0.1) is 25.5 Å². The first-order valence-corrected chi connectivity index (χ1v) is 10.1. The van der Waals surface area contributed by atoms with Gasteiger partial charge >= 0.3 is 0 Å². The fourth-order valence-corrected chi connectivity index (χ4v) is 3.61. The summed E-state index contributed by atoms with van der Waals surface area (Å²) in [6, 6.07) is 13.0. The van der Waals surface area contributed by atoms with Crippen molar-refractivity contribution in [1.29, 1.82) is 0 Å². The summed E-state index contributed by atoms with van der Waals surface area (Å²) in [4.78, 5) is 30.4. The van der Waals surface area contributed by atoms with E-state index in [1.807, 2.05) is 19.1 Å². The Morgan fingerprint density at radius 2 is 2.00 bits per heavy atom. The maximum absolute atomic E-state index is 13.1. The van der Waals surface area contributed by atoms with Crippen LogP contribution in [0.4, 0.5) is 0 Å². The van der Waals surface area contributed by atoms with Crippen LogP contribution < -0.4 is 14.8 Å². The van der Waals surface area contributed by atoms with Crippen LogP contribution in [-0.4, -0.2) is 23.2 Å². The SMILES string of the molecule is CCCOc1ccc(C2C(C(=O)c3ccco3)=C([O-])C(=O)N2Cc2ccc[nH+]c2)cc1. The predicted octanol–water partition coefficient (Wildman–Crippen LogP) is 2.46. The molecule has 0 saturated carbocycles. The van der Waals surface area contributed by atoms with Gasteiger partial charge in [-0.25, -0.2) is 4.98 Å². The first-order chi connectivity index (χ1) is 15.1. The number of furan rings is 1. The molecule has 0 bridgehead atoms. The van der Waals surface area contributed by atoms with Gasteiger partial charge < -0.3 is 19.2 Å². The molecule has 1 aliphatic rings. The number of ether oxygens (including phenoxy) is 1. The largest absolute Gasteiger partial charge is 0.868 e. The molecule has 3 heterocycles. The highest BCUT2D eigenvalue weighted by molar-refractivity contribution is 6.14. The number of amides is 1. The zero-order valence-corrected chi connectivity index (χ0v) is 17.0. The van der Waals surface area contributed by atoms with Crippen LogP contribution in [0.25, 0.3) is 0 Å². The molecule has 2 aromatic heterocycles. The molecule has 7 heteroatoms. The second-order valence-electron chi connectivity index (χ2n) is 7.21. The van der Waals surface area contributed by atoms with Crippen molar-refractivity contribution >= 4 is 11.7 Å². The van der Waals surface area contributed by atoms with Crippen LogP contribution in [0.1, 0.15) is 41.1 Å². The van der Waals surface area contributed by atoms with Gasteiger partial charge in [0.15, 0.2) is 18.2 Å². The van der Waals surface area contributed by atoms with E-state index in [0.29, 0.717) is 17.9 Å². The number of benzene rings is 1. The molecule has 0 fully saturated rings. The first kappa shape index (κ1) is 20.4. The molecule has 0 aliphatic carbocycles. The van der Waals surface area contributed by atoms with E-state index in [-0.39, 0.29) is 17.9 Å². The third-order valence-corrected chi connectivity index (χ3v) is 5.07. The molecule has 0 radical (unpaired) electrons. The number of ketones is 1. The number of hydrogen-bond acceptors (Lipinski definition) is 5.